The van der Waals surface area contributed by atoms with E-state index in [1.54, 1.807) is 7.05 Å². The summed E-state index contributed by atoms with van der Waals surface area (Å²) in [5.41, 5.74) is 3.84. The normalized spacial score (nSPS) is 14.4. The molecule has 6 nitrogen and oxygen atoms in total. The number of aliphatic imine (C=N–C) groups is 1. The zero-order chi connectivity index (χ0) is 22.8. The second kappa shape index (κ2) is 12.2. The van der Waals surface area contributed by atoms with Crippen molar-refractivity contribution in [1.82, 2.24) is 20.4 Å². The van der Waals surface area contributed by atoms with E-state index in [1.807, 2.05) is 17.0 Å². The summed E-state index contributed by atoms with van der Waals surface area (Å²) in [6.45, 7) is 9.34. The summed E-state index contributed by atoms with van der Waals surface area (Å²) in [6, 6.07) is 19.2. The van der Waals surface area contributed by atoms with Gasteiger partial charge in [-0.15, -0.1) is 0 Å². The monoisotopic (exact) mass is 435 g/mol. The minimum atomic E-state index is 0.219. The van der Waals surface area contributed by atoms with Gasteiger partial charge in [0.25, 0.3) is 0 Å². The van der Waals surface area contributed by atoms with E-state index < -0.39 is 0 Å². The molecule has 3 rings (SSSR count). The summed E-state index contributed by atoms with van der Waals surface area (Å²) < 4.78 is 0. The third-order valence-corrected chi connectivity index (χ3v) is 6.18. The van der Waals surface area contributed by atoms with Crippen molar-refractivity contribution in [1.29, 1.82) is 0 Å². The summed E-state index contributed by atoms with van der Waals surface area (Å²) in [5, 5.41) is 6.84. The van der Waals surface area contributed by atoms with Crippen molar-refractivity contribution >= 4 is 11.9 Å². The van der Waals surface area contributed by atoms with Gasteiger partial charge >= 0.3 is 0 Å². The molecule has 0 saturated heterocycles. The van der Waals surface area contributed by atoms with Crippen LogP contribution in [-0.2, 0) is 17.9 Å². The van der Waals surface area contributed by atoms with Crippen LogP contribution in [0.3, 0.4) is 0 Å². The van der Waals surface area contributed by atoms with Crippen LogP contribution in [0.25, 0.3) is 0 Å². The molecule has 1 atom stereocenters. The van der Waals surface area contributed by atoms with Crippen LogP contribution in [0.1, 0.15) is 49.4 Å². The van der Waals surface area contributed by atoms with E-state index in [-0.39, 0.29) is 11.9 Å². The summed E-state index contributed by atoms with van der Waals surface area (Å²) in [4.78, 5) is 21.4. The molecule has 1 aliphatic rings. The van der Waals surface area contributed by atoms with E-state index in [0.29, 0.717) is 13.0 Å². The molecule has 32 heavy (non-hydrogen) atoms. The van der Waals surface area contributed by atoms with E-state index in [2.05, 4.69) is 76.8 Å². The third-order valence-electron chi connectivity index (χ3n) is 6.18. The average Bonchev–Trinajstić information content (AvgIpc) is 3.28. The second-order valence-corrected chi connectivity index (χ2v) is 8.15. The van der Waals surface area contributed by atoms with Gasteiger partial charge in [0.15, 0.2) is 5.96 Å². The molecule has 0 radical (unpaired) electrons. The minimum Gasteiger partial charge on any atom is -0.356 e. The fourth-order valence-electron chi connectivity index (χ4n) is 4.33. The molecule has 6 heteroatoms. The summed E-state index contributed by atoms with van der Waals surface area (Å²) in [7, 11) is 1.79. The minimum absolute atomic E-state index is 0.219. The maximum atomic E-state index is 12.6. The molecule has 1 heterocycles. The third kappa shape index (κ3) is 6.33. The molecular weight excluding hydrogens is 398 g/mol. The predicted octanol–water partition coefficient (Wildman–Crippen LogP) is 3.56. The average molecular weight is 436 g/mol. The largest absolute Gasteiger partial charge is 0.356 e. The number of guanidine groups is 1. The van der Waals surface area contributed by atoms with E-state index in [1.165, 1.54) is 16.7 Å². The van der Waals surface area contributed by atoms with Crippen molar-refractivity contribution in [2.24, 2.45) is 4.99 Å². The zero-order valence-corrected chi connectivity index (χ0v) is 19.7. The molecular formula is C26H37N5O. The first kappa shape index (κ1) is 23.8. The molecule has 2 aromatic rings. The molecule has 0 aliphatic carbocycles. The predicted molar refractivity (Wildman–Crippen MR) is 131 cm³/mol. The van der Waals surface area contributed by atoms with E-state index in [0.717, 1.165) is 45.1 Å². The molecule has 0 bridgehead atoms. The lowest BCUT2D eigenvalue weighted by molar-refractivity contribution is -0.131. The molecule has 0 spiro atoms. The van der Waals surface area contributed by atoms with Gasteiger partial charge in [-0.1, -0.05) is 68.4 Å². The molecule has 2 aromatic carbocycles. The fraction of sp³-hybridized carbons (Fsp3) is 0.462. The lowest BCUT2D eigenvalue weighted by Gasteiger charge is -2.30. The van der Waals surface area contributed by atoms with Gasteiger partial charge in [0.1, 0.15) is 0 Å². The van der Waals surface area contributed by atoms with Crippen LogP contribution in [0, 0.1) is 0 Å². The van der Waals surface area contributed by atoms with Gasteiger partial charge < -0.3 is 15.5 Å². The molecule has 0 aromatic heterocycles. The van der Waals surface area contributed by atoms with E-state index in [4.69, 9.17) is 0 Å². The number of rotatable bonds is 10. The van der Waals surface area contributed by atoms with E-state index in [9.17, 15) is 4.79 Å². The van der Waals surface area contributed by atoms with Crippen LogP contribution >= 0.6 is 0 Å². The Kier molecular flexibility index (Phi) is 9.11. The van der Waals surface area contributed by atoms with Gasteiger partial charge in [-0.05, 0) is 36.2 Å². The number of carbonyl (C=O) groups excluding carboxylic acids is 1. The Hall–Kier alpha value is -2.86. The Balaban J connectivity index is 1.43. The summed E-state index contributed by atoms with van der Waals surface area (Å²) in [5.74, 6) is 0.996. The van der Waals surface area contributed by atoms with Crippen LogP contribution in [0.15, 0.2) is 59.6 Å². The maximum absolute atomic E-state index is 12.6. The maximum Gasteiger partial charge on any atom is 0.223 e. The number of benzene rings is 2. The first-order valence-corrected chi connectivity index (χ1v) is 11.7. The lowest BCUT2D eigenvalue weighted by atomic mass is 10.1. The van der Waals surface area contributed by atoms with Crippen molar-refractivity contribution in [2.45, 2.75) is 45.8 Å². The smallest absolute Gasteiger partial charge is 0.223 e. The number of likely N-dealkylation sites (N-methyl/N-ethyl adjacent to an activating group) is 1. The second-order valence-electron chi connectivity index (χ2n) is 8.15. The quantitative estimate of drug-likeness (QED) is 0.340. The van der Waals surface area contributed by atoms with Crippen LogP contribution in [-0.4, -0.2) is 54.9 Å². The van der Waals surface area contributed by atoms with Gasteiger partial charge in [-0.25, -0.2) is 0 Å². The number of nitrogens with zero attached hydrogens (tertiary/aromatic N) is 3. The van der Waals surface area contributed by atoms with Crippen molar-refractivity contribution < 1.29 is 4.79 Å². The highest BCUT2D eigenvalue weighted by Crippen LogP contribution is 2.23. The number of hydrogen-bond acceptors (Lipinski definition) is 3. The number of hydrogen-bond donors (Lipinski definition) is 2. The molecule has 1 amide bonds. The zero-order valence-electron chi connectivity index (χ0n) is 19.7. The Morgan fingerprint density at radius 1 is 1.00 bits per heavy atom. The first-order valence-electron chi connectivity index (χ1n) is 11.7. The fourth-order valence-corrected chi connectivity index (χ4v) is 4.33. The number of carbonyl (C=O) groups is 1. The van der Waals surface area contributed by atoms with Crippen molar-refractivity contribution in [3.05, 3.63) is 71.3 Å². The first-order chi connectivity index (χ1) is 15.7. The van der Waals surface area contributed by atoms with Gasteiger partial charge in [-0.2, -0.15) is 0 Å². The summed E-state index contributed by atoms with van der Waals surface area (Å²) in [6.07, 6.45) is 1.33. The molecule has 1 aliphatic heterocycles. The Morgan fingerprint density at radius 2 is 1.62 bits per heavy atom. The lowest BCUT2D eigenvalue weighted by Crippen LogP contribution is -2.43. The van der Waals surface area contributed by atoms with Crippen molar-refractivity contribution in [3.8, 4) is 0 Å². The molecule has 0 saturated carbocycles. The molecule has 172 valence electrons. The Labute approximate surface area is 192 Å². The van der Waals surface area contributed by atoms with Crippen LogP contribution in [0.2, 0.25) is 0 Å². The Morgan fingerprint density at radius 3 is 2.22 bits per heavy atom. The molecule has 2 N–H and O–H groups in total. The molecule has 1 unspecified atom stereocenters. The number of nitrogens with one attached hydrogen (secondary N) is 2. The van der Waals surface area contributed by atoms with Crippen LogP contribution in [0.5, 0.6) is 0 Å². The van der Waals surface area contributed by atoms with Crippen LogP contribution < -0.4 is 10.6 Å². The summed E-state index contributed by atoms with van der Waals surface area (Å²) >= 11 is 0. The van der Waals surface area contributed by atoms with Gasteiger partial charge in [0.2, 0.25) is 5.91 Å². The van der Waals surface area contributed by atoms with E-state index >= 15 is 0 Å². The highest BCUT2D eigenvalue weighted by Gasteiger charge is 2.22. The highest BCUT2D eigenvalue weighted by atomic mass is 16.2. The van der Waals surface area contributed by atoms with Crippen LogP contribution in [0.4, 0.5) is 0 Å². The van der Waals surface area contributed by atoms with Gasteiger partial charge in [0, 0.05) is 39.6 Å². The van der Waals surface area contributed by atoms with Crippen molar-refractivity contribution in [2.75, 3.05) is 33.2 Å². The number of fused-ring (bicyclic) bond motifs is 1. The molecule has 0 fully saturated rings. The Bertz CT molecular complexity index is 854. The number of amides is 1. The topological polar surface area (TPSA) is 60.0 Å². The SMILES string of the molecule is CCN(CC)C(CNC(=NC)NCCCC(=O)N1Cc2ccccc2C1)c1ccccc1. The van der Waals surface area contributed by atoms with Crippen molar-refractivity contribution in [3.63, 3.8) is 0 Å². The van der Waals surface area contributed by atoms with Gasteiger partial charge in [-0.3, -0.25) is 14.7 Å². The van der Waals surface area contributed by atoms with Gasteiger partial charge in [0.05, 0.1) is 6.04 Å². The highest BCUT2D eigenvalue weighted by molar-refractivity contribution is 5.80. The standard InChI is InChI=1S/C26H37N5O/c1-4-30(5-2)24(21-12-7-6-8-13-21)18-29-26(27-3)28-17-11-16-25(32)31-19-22-14-9-10-15-23(22)20-31/h6-10,12-15,24H,4-5,11,16-20H2,1-3H3,(H2,27,28,29).